The Kier molecular flexibility index (Phi) is 5.61. The van der Waals surface area contributed by atoms with Gasteiger partial charge in [-0.2, -0.15) is 0 Å². The molecule has 1 aromatic heterocycles. The van der Waals surface area contributed by atoms with E-state index in [0.29, 0.717) is 30.9 Å². The van der Waals surface area contributed by atoms with Crippen LogP contribution in [0.4, 0.5) is 0 Å². The largest absolute Gasteiger partial charge is 0.389 e. The van der Waals surface area contributed by atoms with Crippen LogP contribution in [-0.2, 0) is 0 Å². The van der Waals surface area contributed by atoms with Crippen LogP contribution in [0.5, 0.6) is 0 Å². The maximum absolute atomic E-state index is 12.6. The molecule has 5 rings (SSSR count). The lowest BCUT2D eigenvalue weighted by Crippen LogP contribution is -2.61. The Morgan fingerprint density at radius 2 is 1.58 bits per heavy atom. The van der Waals surface area contributed by atoms with E-state index < -0.39 is 5.60 Å². The van der Waals surface area contributed by atoms with Gasteiger partial charge in [0, 0.05) is 43.7 Å². The molecule has 2 aliphatic rings. The Labute approximate surface area is 187 Å². The molecule has 2 fully saturated rings. The minimum Gasteiger partial charge on any atom is -0.389 e. The van der Waals surface area contributed by atoms with Crippen LogP contribution < -0.4 is 0 Å². The summed E-state index contributed by atoms with van der Waals surface area (Å²) in [4.78, 5) is 21.0. The summed E-state index contributed by atoms with van der Waals surface area (Å²) in [7, 11) is 0. The Morgan fingerprint density at radius 3 is 2.10 bits per heavy atom. The highest BCUT2D eigenvalue weighted by molar-refractivity contribution is 7.11. The van der Waals surface area contributed by atoms with Gasteiger partial charge in [0.2, 0.25) is 0 Å². The van der Waals surface area contributed by atoms with E-state index >= 15 is 0 Å². The van der Waals surface area contributed by atoms with Crippen LogP contribution in [0.3, 0.4) is 0 Å². The van der Waals surface area contributed by atoms with E-state index in [1.807, 2.05) is 22.4 Å². The summed E-state index contributed by atoms with van der Waals surface area (Å²) >= 11 is 1.37. The topological polar surface area (TPSA) is 56.7 Å². The van der Waals surface area contributed by atoms with Gasteiger partial charge in [-0.25, -0.2) is 4.98 Å². The first kappa shape index (κ1) is 20.4. The molecular formula is C25H27N3O2S. The number of nitrogens with zero attached hydrogens (tertiary/aromatic N) is 3. The van der Waals surface area contributed by atoms with Gasteiger partial charge >= 0.3 is 0 Å². The Bertz CT molecular complexity index is 956. The lowest BCUT2D eigenvalue weighted by Gasteiger charge is -2.53. The summed E-state index contributed by atoms with van der Waals surface area (Å²) in [6.07, 6.45) is 2.92. The maximum Gasteiger partial charge on any atom is 0.282 e. The van der Waals surface area contributed by atoms with Crippen molar-refractivity contribution in [2.24, 2.45) is 5.92 Å². The summed E-state index contributed by atoms with van der Waals surface area (Å²) in [5.74, 6) is 0.222. The molecule has 0 spiro atoms. The number of amides is 1. The third-order valence-corrected chi connectivity index (χ3v) is 7.56. The summed E-state index contributed by atoms with van der Waals surface area (Å²) < 4.78 is 0. The van der Waals surface area contributed by atoms with Crippen molar-refractivity contribution in [3.63, 3.8) is 0 Å². The molecule has 5 nitrogen and oxygen atoms in total. The average molecular weight is 434 g/mol. The molecule has 2 aromatic carbocycles. The predicted octanol–water partition coefficient (Wildman–Crippen LogP) is 3.83. The third-order valence-electron chi connectivity index (χ3n) is 6.80. The van der Waals surface area contributed by atoms with Gasteiger partial charge in [-0.1, -0.05) is 60.7 Å². The second-order valence-corrected chi connectivity index (χ2v) is 9.50. The predicted molar refractivity (Wildman–Crippen MR) is 122 cm³/mol. The Balaban J connectivity index is 1.25. The summed E-state index contributed by atoms with van der Waals surface area (Å²) in [6, 6.07) is 21.4. The molecular weight excluding hydrogens is 406 g/mol. The van der Waals surface area contributed by atoms with E-state index in [4.69, 9.17) is 0 Å². The van der Waals surface area contributed by atoms with Crippen molar-refractivity contribution in [1.29, 1.82) is 0 Å². The van der Waals surface area contributed by atoms with Crippen molar-refractivity contribution >= 4 is 17.2 Å². The number of hydrogen-bond acceptors (Lipinski definition) is 5. The second-order valence-electron chi connectivity index (χ2n) is 8.61. The highest BCUT2D eigenvalue weighted by Crippen LogP contribution is 2.41. The van der Waals surface area contributed by atoms with Gasteiger partial charge in [0.05, 0.1) is 11.6 Å². The quantitative estimate of drug-likeness (QED) is 0.664. The van der Waals surface area contributed by atoms with Crippen molar-refractivity contribution in [3.8, 4) is 0 Å². The number of piperidine rings is 1. The number of hydrogen-bond donors (Lipinski definition) is 1. The molecule has 0 radical (unpaired) electrons. The van der Waals surface area contributed by atoms with Gasteiger partial charge in [-0.05, 0) is 24.0 Å². The van der Waals surface area contributed by atoms with Crippen molar-refractivity contribution < 1.29 is 9.90 Å². The first-order chi connectivity index (χ1) is 15.1. The monoisotopic (exact) mass is 433 g/mol. The zero-order valence-corrected chi connectivity index (χ0v) is 18.2. The van der Waals surface area contributed by atoms with Gasteiger partial charge in [0.15, 0.2) is 5.01 Å². The van der Waals surface area contributed by atoms with E-state index in [0.717, 1.165) is 13.1 Å². The van der Waals surface area contributed by atoms with Crippen molar-refractivity contribution in [2.75, 3.05) is 26.2 Å². The molecule has 0 unspecified atom stereocenters. The van der Waals surface area contributed by atoms with Crippen molar-refractivity contribution in [3.05, 3.63) is 88.4 Å². The molecule has 6 heteroatoms. The third kappa shape index (κ3) is 4.03. The molecule has 2 aliphatic heterocycles. The molecule has 2 saturated heterocycles. The van der Waals surface area contributed by atoms with Crippen molar-refractivity contribution in [2.45, 2.75) is 24.5 Å². The number of aliphatic hydroxyl groups is 1. The fourth-order valence-corrected chi connectivity index (χ4v) is 5.52. The molecule has 31 heavy (non-hydrogen) atoms. The number of aromatic nitrogens is 1. The van der Waals surface area contributed by atoms with E-state index in [1.54, 1.807) is 6.20 Å². The molecule has 3 aromatic rings. The number of thiazole rings is 1. The molecule has 0 atom stereocenters. The van der Waals surface area contributed by atoms with Crippen LogP contribution in [0.1, 0.15) is 39.8 Å². The van der Waals surface area contributed by atoms with Crippen LogP contribution in [0.25, 0.3) is 0 Å². The van der Waals surface area contributed by atoms with Crippen molar-refractivity contribution in [1.82, 2.24) is 14.8 Å². The number of benzene rings is 2. The van der Waals surface area contributed by atoms with Gasteiger partial charge < -0.3 is 10.0 Å². The normalized spacial score (nSPS) is 19.4. The van der Waals surface area contributed by atoms with Crippen LogP contribution in [0, 0.1) is 5.92 Å². The first-order valence-corrected chi connectivity index (χ1v) is 11.8. The number of carbonyl (C=O) groups excluding carboxylic acids is 1. The van der Waals surface area contributed by atoms with Gasteiger partial charge in [0.25, 0.3) is 5.91 Å². The zero-order valence-electron chi connectivity index (χ0n) is 17.4. The maximum atomic E-state index is 12.6. The Hall–Kier alpha value is -2.54. The number of likely N-dealkylation sites (tertiary alicyclic amines) is 2. The van der Waals surface area contributed by atoms with E-state index in [2.05, 4.69) is 58.4 Å². The van der Waals surface area contributed by atoms with Crippen LogP contribution in [0.15, 0.2) is 72.2 Å². The lowest BCUT2D eigenvalue weighted by atomic mass is 9.74. The van der Waals surface area contributed by atoms with E-state index in [9.17, 15) is 9.90 Å². The fraction of sp³-hybridized carbons (Fsp3) is 0.360. The highest BCUT2D eigenvalue weighted by Gasteiger charge is 2.48. The minimum absolute atomic E-state index is 0.0134. The SMILES string of the molecule is O=C(c1nccs1)N1CCC(O)(C2CN(C(c3ccccc3)c3ccccc3)C2)CC1. The minimum atomic E-state index is -0.700. The van der Waals surface area contributed by atoms with Crippen LogP contribution >= 0.6 is 11.3 Å². The summed E-state index contributed by atoms with van der Waals surface area (Å²) in [5, 5.41) is 13.7. The van der Waals surface area contributed by atoms with Gasteiger partial charge in [-0.3, -0.25) is 9.69 Å². The summed E-state index contributed by atoms with van der Waals surface area (Å²) in [6.45, 7) is 2.91. The van der Waals surface area contributed by atoms with E-state index in [1.165, 1.54) is 22.5 Å². The molecule has 0 aliphatic carbocycles. The zero-order chi connectivity index (χ0) is 21.3. The summed E-state index contributed by atoms with van der Waals surface area (Å²) in [5.41, 5.74) is 1.86. The first-order valence-electron chi connectivity index (χ1n) is 10.9. The smallest absolute Gasteiger partial charge is 0.282 e. The van der Waals surface area contributed by atoms with Gasteiger partial charge in [0.1, 0.15) is 0 Å². The lowest BCUT2D eigenvalue weighted by molar-refractivity contribution is -0.120. The molecule has 1 amide bonds. The molecule has 3 heterocycles. The Morgan fingerprint density at radius 1 is 1.00 bits per heavy atom. The number of rotatable bonds is 5. The fourth-order valence-electron chi connectivity index (χ4n) is 4.92. The second kappa shape index (κ2) is 8.54. The van der Waals surface area contributed by atoms with Crippen LogP contribution in [-0.4, -0.2) is 57.6 Å². The standard InChI is InChI=1S/C25H27N3O2S/c29-24(23-26-13-16-31-23)27-14-11-25(30,12-15-27)21-17-28(18-21)22(19-7-3-1-4-8-19)20-9-5-2-6-10-20/h1-10,13,16,21-22,30H,11-12,14-15,17-18H2. The molecule has 160 valence electrons. The average Bonchev–Trinajstić information content (AvgIpc) is 3.32. The molecule has 0 bridgehead atoms. The molecule has 1 N–H and O–H groups in total. The molecule has 0 saturated carbocycles. The van der Waals surface area contributed by atoms with Gasteiger partial charge in [-0.15, -0.1) is 11.3 Å². The highest BCUT2D eigenvalue weighted by atomic mass is 32.1. The number of carbonyl (C=O) groups is 1. The van der Waals surface area contributed by atoms with E-state index in [-0.39, 0.29) is 17.9 Å². The van der Waals surface area contributed by atoms with Crippen LogP contribution in [0.2, 0.25) is 0 Å².